The Morgan fingerprint density at radius 2 is 2.00 bits per heavy atom. The fraction of sp³-hybridized carbons (Fsp3) is 0.364. The van der Waals surface area contributed by atoms with Gasteiger partial charge in [0.2, 0.25) is 0 Å². The van der Waals surface area contributed by atoms with E-state index in [1.54, 1.807) is 12.1 Å². The fourth-order valence-corrected chi connectivity index (χ4v) is 1.26. The first-order chi connectivity index (χ1) is 6.79. The van der Waals surface area contributed by atoms with Gasteiger partial charge in [-0.3, -0.25) is 0 Å². The Morgan fingerprint density at radius 3 is 2.47 bits per heavy atom. The lowest BCUT2D eigenvalue weighted by molar-refractivity contribution is 0.0698. The van der Waals surface area contributed by atoms with Crippen molar-refractivity contribution in [2.75, 3.05) is 11.1 Å². The van der Waals surface area contributed by atoms with Crippen LogP contribution in [-0.4, -0.2) is 16.6 Å². The number of hydrogen-bond donors (Lipinski definition) is 3. The maximum atomic E-state index is 10.9. The molecule has 0 atom stereocenters. The molecule has 0 aliphatic carbocycles. The molecule has 82 valence electrons. The van der Waals surface area contributed by atoms with Crippen LogP contribution in [0.5, 0.6) is 0 Å². The molecule has 0 saturated heterocycles. The number of hydrogen-bond acceptors (Lipinski definition) is 3. The van der Waals surface area contributed by atoms with Gasteiger partial charge >= 0.3 is 5.97 Å². The third-order valence-electron chi connectivity index (χ3n) is 1.78. The van der Waals surface area contributed by atoms with Crippen molar-refractivity contribution in [3.8, 4) is 0 Å². The SMILES string of the molecule is CC(C)(C)Nc1cc(N)ccc1C(=O)O. The minimum atomic E-state index is -0.957. The number of nitrogens with two attached hydrogens (primary N) is 1. The van der Waals surface area contributed by atoms with Crippen LogP contribution in [0.3, 0.4) is 0 Å². The summed E-state index contributed by atoms with van der Waals surface area (Å²) in [6.45, 7) is 5.88. The molecule has 0 unspecified atom stereocenters. The predicted octanol–water partition coefficient (Wildman–Crippen LogP) is 2.18. The zero-order chi connectivity index (χ0) is 11.6. The van der Waals surface area contributed by atoms with Crippen LogP contribution in [0.2, 0.25) is 0 Å². The van der Waals surface area contributed by atoms with Crippen LogP contribution >= 0.6 is 0 Å². The van der Waals surface area contributed by atoms with Gasteiger partial charge in [0.05, 0.1) is 11.3 Å². The number of carboxylic acids is 1. The van der Waals surface area contributed by atoms with Gasteiger partial charge in [-0.25, -0.2) is 4.79 Å². The summed E-state index contributed by atoms with van der Waals surface area (Å²) in [4.78, 5) is 10.9. The van der Waals surface area contributed by atoms with E-state index in [0.29, 0.717) is 11.4 Å². The van der Waals surface area contributed by atoms with Crippen molar-refractivity contribution in [2.24, 2.45) is 0 Å². The van der Waals surface area contributed by atoms with E-state index < -0.39 is 5.97 Å². The van der Waals surface area contributed by atoms with Crippen LogP contribution < -0.4 is 11.1 Å². The highest BCUT2D eigenvalue weighted by molar-refractivity contribution is 5.95. The number of carboxylic acid groups (broad SMARTS) is 1. The van der Waals surface area contributed by atoms with Crippen molar-refractivity contribution >= 4 is 17.3 Å². The van der Waals surface area contributed by atoms with Crippen LogP contribution in [-0.2, 0) is 0 Å². The van der Waals surface area contributed by atoms with Crippen molar-refractivity contribution in [1.82, 2.24) is 0 Å². The van der Waals surface area contributed by atoms with E-state index >= 15 is 0 Å². The van der Waals surface area contributed by atoms with E-state index in [9.17, 15) is 4.79 Å². The zero-order valence-corrected chi connectivity index (χ0v) is 9.16. The Balaban J connectivity index is 3.13. The van der Waals surface area contributed by atoms with E-state index in [2.05, 4.69) is 5.32 Å². The normalized spacial score (nSPS) is 11.1. The molecule has 4 heteroatoms. The van der Waals surface area contributed by atoms with Crippen molar-refractivity contribution in [3.63, 3.8) is 0 Å². The lowest BCUT2D eigenvalue weighted by Crippen LogP contribution is -2.27. The Hall–Kier alpha value is -1.71. The topological polar surface area (TPSA) is 75.3 Å². The van der Waals surface area contributed by atoms with E-state index in [4.69, 9.17) is 10.8 Å². The van der Waals surface area contributed by atoms with Gasteiger partial charge in [-0.2, -0.15) is 0 Å². The standard InChI is InChI=1S/C11H16N2O2/c1-11(2,3)13-9-6-7(12)4-5-8(9)10(14)15/h4-6,13H,12H2,1-3H3,(H,14,15). The number of nitrogen functional groups attached to an aromatic ring is 1. The lowest BCUT2D eigenvalue weighted by atomic mass is 10.1. The number of carbonyl (C=O) groups is 1. The molecule has 0 saturated carbocycles. The van der Waals surface area contributed by atoms with Gasteiger partial charge in [0.1, 0.15) is 0 Å². The van der Waals surface area contributed by atoms with Crippen LogP contribution in [0.25, 0.3) is 0 Å². The molecular formula is C11H16N2O2. The fourth-order valence-electron chi connectivity index (χ4n) is 1.26. The summed E-state index contributed by atoms with van der Waals surface area (Å²) < 4.78 is 0. The highest BCUT2D eigenvalue weighted by Gasteiger charge is 2.15. The van der Waals surface area contributed by atoms with Crippen molar-refractivity contribution < 1.29 is 9.90 Å². The first-order valence-corrected chi connectivity index (χ1v) is 4.70. The molecule has 0 amide bonds. The Kier molecular flexibility index (Phi) is 2.88. The second kappa shape index (κ2) is 3.81. The molecule has 15 heavy (non-hydrogen) atoms. The Labute approximate surface area is 89.1 Å². The molecular weight excluding hydrogens is 192 g/mol. The van der Waals surface area contributed by atoms with Gasteiger partial charge in [0, 0.05) is 11.2 Å². The molecule has 0 spiro atoms. The zero-order valence-electron chi connectivity index (χ0n) is 9.16. The molecule has 4 N–H and O–H groups in total. The van der Waals surface area contributed by atoms with E-state index in [0.717, 1.165) is 0 Å². The summed E-state index contributed by atoms with van der Waals surface area (Å²) >= 11 is 0. The van der Waals surface area contributed by atoms with Crippen LogP contribution in [0.1, 0.15) is 31.1 Å². The molecule has 0 fully saturated rings. The van der Waals surface area contributed by atoms with Crippen LogP contribution in [0.4, 0.5) is 11.4 Å². The average molecular weight is 208 g/mol. The molecule has 1 rings (SSSR count). The number of nitrogens with one attached hydrogen (secondary N) is 1. The second-order valence-electron chi connectivity index (χ2n) is 4.49. The summed E-state index contributed by atoms with van der Waals surface area (Å²) in [5.41, 5.74) is 6.75. The van der Waals surface area contributed by atoms with Gasteiger partial charge in [0.15, 0.2) is 0 Å². The molecule has 0 bridgehead atoms. The summed E-state index contributed by atoms with van der Waals surface area (Å²) in [5, 5.41) is 12.1. The highest BCUT2D eigenvalue weighted by atomic mass is 16.4. The summed E-state index contributed by atoms with van der Waals surface area (Å²) in [7, 11) is 0. The first-order valence-electron chi connectivity index (χ1n) is 4.70. The molecule has 0 aromatic heterocycles. The molecule has 0 radical (unpaired) electrons. The van der Waals surface area contributed by atoms with Gasteiger partial charge in [-0.05, 0) is 39.0 Å². The van der Waals surface area contributed by atoms with Gasteiger partial charge in [-0.15, -0.1) is 0 Å². The predicted molar refractivity (Wildman–Crippen MR) is 61.2 cm³/mol. The molecule has 0 heterocycles. The minimum Gasteiger partial charge on any atom is -0.478 e. The third-order valence-corrected chi connectivity index (χ3v) is 1.78. The number of benzene rings is 1. The molecule has 4 nitrogen and oxygen atoms in total. The highest BCUT2D eigenvalue weighted by Crippen LogP contribution is 2.22. The third kappa shape index (κ3) is 3.16. The number of anilines is 2. The van der Waals surface area contributed by atoms with Crippen molar-refractivity contribution in [3.05, 3.63) is 23.8 Å². The smallest absolute Gasteiger partial charge is 0.337 e. The Bertz CT molecular complexity index is 381. The molecule has 0 aliphatic rings. The Morgan fingerprint density at radius 1 is 1.40 bits per heavy atom. The van der Waals surface area contributed by atoms with E-state index in [1.165, 1.54) is 6.07 Å². The molecule has 0 aliphatic heterocycles. The number of aromatic carboxylic acids is 1. The van der Waals surface area contributed by atoms with Crippen molar-refractivity contribution in [2.45, 2.75) is 26.3 Å². The maximum absolute atomic E-state index is 10.9. The largest absolute Gasteiger partial charge is 0.478 e. The lowest BCUT2D eigenvalue weighted by Gasteiger charge is -2.23. The average Bonchev–Trinajstić information content (AvgIpc) is 1.99. The monoisotopic (exact) mass is 208 g/mol. The minimum absolute atomic E-state index is 0.196. The van der Waals surface area contributed by atoms with Crippen molar-refractivity contribution in [1.29, 1.82) is 0 Å². The summed E-state index contributed by atoms with van der Waals surface area (Å²) in [6, 6.07) is 4.72. The molecule has 1 aromatic rings. The first kappa shape index (κ1) is 11.4. The van der Waals surface area contributed by atoms with Gasteiger partial charge < -0.3 is 16.2 Å². The maximum Gasteiger partial charge on any atom is 0.337 e. The van der Waals surface area contributed by atoms with Crippen LogP contribution in [0, 0.1) is 0 Å². The van der Waals surface area contributed by atoms with Crippen LogP contribution in [0.15, 0.2) is 18.2 Å². The van der Waals surface area contributed by atoms with E-state index in [-0.39, 0.29) is 11.1 Å². The van der Waals surface area contributed by atoms with E-state index in [1.807, 2.05) is 20.8 Å². The molecule has 1 aromatic carbocycles. The quantitative estimate of drug-likeness (QED) is 0.651. The second-order valence-corrected chi connectivity index (χ2v) is 4.49. The summed E-state index contributed by atoms with van der Waals surface area (Å²) in [5.74, 6) is -0.957. The number of rotatable bonds is 2. The van der Waals surface area contributed by atoms with Gasteiger partial charge in [0.25, 0.3) is 0 Å². The van der Waals surface area contributed by atoms with Gasteiger partial charge in [-0.1, -0.05) is 0 Å². The summed E-state index contributed by atoms with van der Waals surface area (Å²) in [6.07, 6.45) is 0.